The van der Waals surface area contributed by atoms with Gasteiger partial charge in [-0.15, -0.1) is 0 Å². The molecule has 1 N–H and O–H groups in total. The molecule has 0 spiro atoms. The number of hydrogen-bond acceptors (Lipinski definition) is 3. The largest absolute Gasteiger partial charge is 0.373 e. The smallest absolute Gasteiger partial charge is 0.0955 e. The summed E-state index contributed by atoms with van der Waals surface area (Å²) in [6.45, 7) is 5.20. The lowest BCUT2D eigenvalue weighted by Gasteiger charge is -2.28. The van der Waals surface area contributed by atoms with Crippen LogP contribution in [0.5, 0.6) is 0 Å². The number of aryl methyl sites for hydroxylation is 1. The number of unbranched alkanes of at least 4 members (excludes halogenated alkanes) is 1. The first kappa shape index (κ1) is 15.4. The van der Waals surface area contributed by atoms with Gasteiger partial charge in [-0.25, -0.2) is 5.06 Å². The maximum Gasteiger partial charge on any atom is 0.0955 e. The van der Waals surface area contributed by atoms with Crippen molar-refractivity contribution in [3.05, 3.63) is 54.1 Å². The third-order valence-electron chi connectivity index (χ3n) is 3.69. The summed E-state index contributed by atoms with van der Waals surface area (Å²) in [5.41, 5.74) is 3.73. The molecular formula is C18H24N2O. The molecule has 0 aliphatic heterocycles. The Balaban J connectivity index is 2.38. The summed E-state index contributed by atoms with van der Waals surface area (Å²) in [5.74, 6) is 0. The molecule has 0 heterocycles. The predicted molar refractivity (Wildman–Crippen MR) is 89.7 cm³/mol. The molecule has 2 aromatic rings. The molecule has 0 amide bonds. The number of para-hydroxylation sites is 2. The zero-order chi connectivity index (χ0) is 15.2. The van der Waals surface area contributed by atoms with E-state index < -0.39 is 0 Å². The SMILES string of the molecule is CCCCN(C)c1cccc(C)c1N(O)c1ccccc1. The van der Waals surface area contributed by atoms with E-state index in [0.29, 0.717) is 0 Å². The lowest BCUT2D eigenvalue weighted by atomic mass is 10.1. The van der Waals surface area contributed by atoms with Crippen LogP contribution in [0.2, 0.25) is 0 Å². The lowest BCUT2D eigenvalue weighted by Crippen LogP contribution is -2.22. The first-order valence-corrected chi connectivity index (χ1v) is 7.50. The Kier molecular flexibility index (Phi) is 5.23. The maximum absolute atomic E-state index is 10.6. The van der Waals surface area contributed by atoms with Crippen LogP contribution in [0.3, 0.4) is 0 Å². The molecule has 0 aromatic heterocycles. The Hall–Kier alpha value is -2.00. The second-order valence-corrected chi connectivity index (χ2v) is 5.37. The molecule has 112 valence electrons. The van der Waals surface area contributed by atoms with Crippen molar-refractivity contribution in [2.45, 2.75) is 26.7 Å². The summed E-state index contributed by atoms with van der Waals surface area (Å²) in [6, 6.07) is 15.7. The maximum atomic E-state index is 10.6. The molecule has 2 aromatic carbocycles. The Bertz CT molecular complexity index is 569. The molecule has 0 aliphatic carbocycles. The van der Waals surface area contributed by atoms with Gasteiger partial charge in [0.15, 0.2) is 0 Å². The van der Waals surface area contributed by atoms with Crippen LogP contribution in [-0.2, 0) is 0 Å². The first-order valence-electron chi connectivity index (χ1n) is 7.50. The van der Waals surface area contributed by atoms with Crippen LogP contribution >= 0.6 is 0 Å². The molecular weight excluding hydrogens is 260 g/mol. The molecule has 2 rings (SSSR count). The zero-order valence-corrected chi connectivity index (χ0v) is 13.1. The second-order valence-electron chi connectivity index (χ2n) is 5.37. The average molecular weight is 284 g/mol. The quantitative estimate of drug-likeness (QED) is 0.775. The number of rotatable bonds is 6. The number of anilines is 3. The summed E-state index contributed by atoms with van der Waals surface area (Å²) in [6.07, 6.45) is 2.30. The van der Waals surface area contributed by atoms with E-state index in [-0.39, 0.29) is 0 Å². The van der Waals surface area contributed by atoms with E-state index in [1.165, 1.54) is 5.06 Å². The van der Waals surface area contributed by atoms with E-state index in [1.54, 1.807) is 0 Å². The molecule has 3 heteroatoms. The van der Waals surface area contributed by atoms with E-state index in [4.69, 9.17) is 0 Å². The molecule has 0 saturated carbocycles. The number of benzene rings is 2. The van der Waals surface area contributed by atoms with Gasteiger partial charge in [0.2, 0.25) is 0 Å². The summed E-state index contributed by atoms with van der Waals surface area (Å²) >= 11 is 0. The topological polar surface area (TPSA) is 26.7 Å². The number of nitrogens with zero attached hydrogens (tertiary/aromatic N) is 2. The van der Waals surface area contributed by atoms with Crippen molar-refractivity contribution in [1.82, 2.24) is 0 Å². The Morgan fingerprint density at radius 1 is 1.00 bits per heavy atom. The summed E-state index contributed by atoms with van der Waals surface area (Å²) in [4.78, 5) is 2.21. The molecule has 21 heavy (non-hydrogen) atoms. The molecule has 0 radical (unpaired) electrons. The standard InChI is InChI=1S/C18H24N2O/c1-4-5-14-19(3)17-13-9-10-15(2)18(17)20(21)16-11-7-6-8-12-16/h6-13,21H,4-5,14H2,1-3H3. The summed E-state index contributed by atoms with van der Waals surface area (Å²) in [5, 5.41) is 11.9. The van der Waals surface area contributed by atoms with Crippen LogP contribution in [0.15, 0.2) is 48.5 Å². The van der Waals surface area contributed by atoms with Gasteiger partial charge in [0, 0.05) is 13.6 Å². The lowest BCUT2D eigenvalue weighted by molar-refractivity contribution is 0.300. The fourth-order valence-electron chi connectivity index (χ4n) is 2.44. The monoisotopic (exact) mass is 284 g/mol. The van der Waals surface area contributed by atoms with Crippen molar-refractivity contribution < 1.29 is 5.21 Å². The van der Waals surface area contributed by atoms with Gasteiger partial charge in [0.05, 0.1) is 17.1 Å². The van der Waals surface area contributed by atoms with Crippen LogP contribution in [0, 0.1) is 6.92 Å². The van der Waals surface area contributed by atoms with Gasteiger partial charge in [-0.2, -0.15) is 0 Å². The van der Waals surface area contributed by atoms with E-state index in [0.717, 1.165) is 42.0 Å². The van der Waals surface area contributed by atoms with E-state index in [9.17, 15) is 5.21 Å². The fraction of sp³-hybridized carbons (Fsp3) is 0.333. The van der Waals surface area contributed by atoms with Crippen LogP contribution < -0.4 is 9.96 Å². The predicted octanol–water partition coefficient (Wildman–Crippen LogP) is 4.76. The zero-order valence-electron chi connectivity index (χ0n) is 13.1. The number of hydrogen-bond donors (Lipinski definition) is 1. The van der Waals surface area contributed by atoms with Gasteiger partial charge in [-0.1, -0.05) is 43.7 Å². The van der Waals surface area contributed by atoms with E-state index in [2.05, 4.69) is 24.9 Å². The van der Waals surface area contributed by atoms with Crippen molar-refractivity contribution >= 4 is 17.1 Å². The molecule has 0 aliphatic rings. The molecule has 3 nitrogen and oxygen atoms in total. The minimum atomic E-state index is 0.775. The first-order chi connectivity index (χ1) is 10.1. The third kappa shape index (κ3) is 3.56. The van der Waals surface area contributed by atoms with Crippen molar-refractivity contribution in [2.24, 2.45) is 0 Å². The van der Waals surface area contributed by atoms with Crippen LogP contribution in [-0.4, -0.2) is 18.8 Å². The Morgan fingerprint density at radius 2 is 1.71 bits per heavy atom. The van der Waals surface area contributed by atoms with E-state index >= 15 is 0 Å². The van der Waals surface area contributed by atoms with Crippen LogP contribution in [0.1, 0.15) is 25.3 Å². The normalized spacial score (nSPS) is 10.5. The highest BCUT2D eigenvalue weighted by Gasteiger charge is 2.16. The molecule has 0 bridgehead atoms. The molecule has 0 unspecified atom stereocenters. The highest BCUT2D eigenvalue weighted by atomic mass is 16.5. The van der Waals surface area contributed by atoms with Gasteiger partial charge in [-0.05, 0) is 37.1 Å². The second kappa shape index (κ2) is 7.14. The van der Waals surface area contributed by atoms with Gasteiger partial charge in [0.1, 0.15) is 0 Å². The van der Waals surface area contributed by atoms with Crippen molar-refractivity contribution in [3.8, 4) is 0 Å². The fourth-order valence-corrected chi connectivity index (χ4v) is 2.44. The highest BCUT2D eigenvalue weighted by Crippen LogP contribution is 2.35. The minimum absolute atomic E-state index is 0.775. The van der Waals surface area contributed by atoms with Gasteiger partial charge in [-0.3, -0.25) is 5.21 Å². The highest BCUT2D eigenvalue weighted by molar-refractivity contribution is 5.78. The van der Waals surface area contributed by atoms with Gasteiger partial charge >= 0.3 is 0 Å². The van der Waals surface area contributed by atoms with Crippen molar-refractivity contribution in [3.63, 3.8) is 0 Å². The average Bonchev–Trinajstić information content (AvgIpc) is 2.52. The Labute approximate surface area is 127 Å². The third-order valence-corrected chi connectivity index (χ3v) is 3.69. The van der Waals surface area contributed by atoms with Gasteiger partial charge < -0.3 is 4.90 Å². The molecule has 0 atom stereocenters. The summed E-state index contributed by atoms with van der Waals surface area (Å²) in [7, 11) is 2.08. The van der Waals surface area contributed by atoms with Crippen molar-refractivity contribution in [2.75, 3.05) is 23.6 Å². The van der Waals surface area contributed by atoms with Crippen molar-refractivity contribution in [1.29, 1.82) is 0 Å². The van der Waals surface area contributed by atoms with E-state index in [1.807, 2.05) is 49.4 Å². The van der Waals surface area contributed by atoms with Crippen LogP contribution in [0.4, 0.5) is 17.1 Å². The molecule has 0 saturated heterocycles. The summed E-state index contributed by atoms with van der Waals surface area (Å²) < 4.78 is 0. The molecule has 0 fully saturated rings. The van der Waals surface area contributed by atoms with Crippen LogP contribution in [0.25, 0.3) is 0 Å². The van der Waals surface area contributed by atoms with Gasteiger partial charge in [0.25, 0.3) is 0 Å². The minimum Gasteiger partial charge on any atom is -0.373 e. The Morgan fingerprint density at radius 3 is 2.38 bits per heavy atom.